The van der Waals surface area contributed by atoms with Crippen LogP contribution < -0.4 is 5.73 Å². The molecule has 0 atom stereocenters. The molecule has 0 fully saturated rings. The minimum atomic E-state index is -4.40. The number of pyridine rings is 2. The van der Waals surface area contributed by atoms with Crippen molar-refractivity contribution in [3.8, 4) is 0 Å². The molecule has 0 aromatic carbocycles. The molecular formula is C11H7ClF3N3S. The highest BCUT2D eigenvalue weighted by Gasteiger charge is 2.30. The van der Waals surface area contributed by atoms with Gasteiger partial charge < -0.3 is 5.73 Å². The Morgan fingerprint density at radius 2 is 1.89 bits per heavy atom. The number of halogens is 4. The summed E-state index contributed by atoms with van der Waals surface area (Å²) in [4.78, 5) is 7.70. The van der Waals surface area contributed by atoms with E-state index in [-0.39, 0.29) is 5.15 Å². The van der Waals surface area contributed by atoms with Gasteiger partial charge in [-0.3, -0.25) is 0 Å². The molecule has 0 radical (unpaired) electrons. The third-order valence-corrected chi connectivity index (χ3v) is 3.30. The van der Waals surface area contributed by atoms with Gasteiger partial charge in [0.05, 0.1) is 11.3 Å². The molecule has 8 heteroatoms. The maximum atomic E-state index is 12.4. The molecule has 0 saturated heterocycles. The summed E-state index contributed by atoms with van der Waals surface area (Å²) in [6, 6.07) is 5.31. The monoisotopic (exact) mass is 305 g/mol. The fourth-order valence-electron chi connectivity index (χ4n) is 1.22. The van der Waals surface area contributed by atoms with Crippen molar-refractivity contribution in [3.05, 3.63) is 41.2 Å². The second kappa shape index (κ2) is 5.26. The Labute approximate surface area is 116 Å². The molecular weight excluding hydrogens is 299 g/mol. The normalized spacial score (nSPS) is 11.6. The van der Waals surface area contributed by atoms with Crippen LogP contribution >= 0.6 is 23.4 Å². The van der Waals surface area contributed by atoms with E-state index in [2.05, 4.69) is 9.97 Å². The summed E-state index contributed by atoms with van der Waals surface area (Å²) < 4.78 is 37.1. The Morgan fingerprint density at radius 1 is 1.16 bits per heavy atom. The zero-order valence-electron chi connectivity index (χ0n) is 9.28. The average Bonchev–Trinajstić information content (AvgIpc) is 2.33. The summed E-state index contributed by atoms with van der Waals surface area (Å²) in [5.74, 6) is 0. The summed E-state index contributed by atoms with van der Waals surface area (Å²) in [6.07, 6.45) is -3.63. The van der Waals surface area contributed by atoms with Gasteiger partial charge in [0.15, 0.2) is 0 Å². The van der Waals surface area contributed by atoms with Gasteiger partial charge in [0.25, 0.3) is 0 Å². The highest BCUT2D eigenvalue weighted by atomic mass is 35.5. The molecule has 100 valence electrons. The third kappa shape index (κ3) is 3.51. The number of nitrogens with zero attached hydrogens (tertiary/aromatic N) is 2. The van der Waals surface area contributed by atoms with Crippen LogP contribution in [0.4, 0.5) is 18.9 Å². The number of aromatic nitrogens is 2. The van der Waals surface area contributed by atoms with Gasteiger partial charge in [0.1, 0.15) is 15.2 Å². The predicted molar refractivity (Wildman–Crippen MR) is 67.0 cm³/mol. The zero-order chi connectivity index (χ0) is 14.0. The van der Waals surface area contributed by atoms with Crippen molar-refractivity contribution >= 4 is 29.1 Å². The minimum Gasteiger partial charge on any atom is -0.397 e. The van der Waals surface area contributed by atoms with Crippen molar-refractivity contribution in [1.82, 2.24) is 9.97 Å². The number of rotatable bonds is 2. The molecule has 0 aliphatic carbocycles. The molecule has 2 N–H and O–H groups in total. The first-order valence-electron chi connectivity index (χ1n) is 4.99. The van der Waals surface area contributed by atoms with Gasteiger partial charge in [-0.25, -0.2) is 9.97 Å². The van der Waals surface area contributed by atoms with E-state index < -0.39 is 11.7 Å². The van der Waals surface area contributed by atoms with E-state index >= 15 is 0 Å². The van der Waals surface area contributed by atoms with Crippen LogP contribution in [0.25, 0.3) is 0 Å². The van der Waals surface area contributed by atoms with Crippen molar-refractivity contribution in [2.45, 2.75) is 16.2 Å². The van der Waals surface area contributed by atoms with Crippen molar-refractivity contribution in [2.24, 2.45) is 0 Å². The molecule has 0 bridgehead atoms. The standard InChI is InChI=1S/C11H7ClF3N3S/c12-8-3-2-7(16)10(18-8)19-9-4-1-6(5-17-9)11(13,14)15/h1-5H,16H2. The van der Waals surface area contributed by atoms with E-state index in [1.165, 1.54) is 12.1 Å². The number of nitrogens with two attached hydrogens (primary N) is 1. The van der Waals surface area contributed by atoms with Crippen molar-refractivity contribution in [3.63, 3.8) is 0 Å². The molecule has 0 saturated carbocycles. The Balaban J connectivity index is 2.22. The van der Waals surface area contributed by atoms with Gasteiger partial charge in [-0.1, -0.05) is 11.6 Å². The molecule has 0 spiro atoms. The van der Waals surface area contributed by atoms with E-state index in [9.17, 15) is 13.2 Å². The quantitative estimate of drug-likeness (QED) is 0.855. The van der Waals surface area contributed by atoms with Crippen molar-refractivity contribution in [2.75, 3.05) is 5.73 Å². The SMILES string of the molecule is Nc1ccc(Cl)nc1Sc1ccc(C(F)(F)F)cn1. The molecule has 2 heterocycles. The topological polar surface area (TPSA) is 51.8 Å². The predicted octanol–water partition coefficient (Wildman–Crippen LogP) is 3.88. The Morgan fingerprint density at radius 3 is 2.47 bits per heavy atom. The van der Waals surface area contributed by atoms with Crippen LogP contribution in [0.1, 0.15) is 5.56 Å². The highest BCUT2D eigenvalue weighted by molar-refractivity contribution is 7.99. The van der Waals surface area contributed by atoms with Crippen LogP contribution in [0.3, 0.4) is 0 Å². The maximum absolute atomic E-state index is 12.4. The van der Waals surface area contributed by atoms with Gasteiger partial charge in [-0.2, -0.15) is 13.2 Å². The van der Waals surface area contributed by atoms with Gasteiger partial charge in [0.2, 0.25) is 0 Å². The summed E-state index contributed by atoms with van der Waals surface area (Å²) >= 11 is 6.77. The van der Waals surface area contributed by atoms with E-state index in [4.69, 9.17) is 17.3 Å². The number of hydrogen-bond donors (Lipinski definition) is 1. The summed E-state index contributed by atoms with van der Waals surface area (Å²) in [5, 5.41) is 1.01. The van der Waals surface area contributed by atoms with Crippen molar-refractivity contribution in [1.29, 1.82) is 0 Å². The van der Waals surface area contributed by atoms with Crippen LogP contribution in [0.5, 0.6) is 0 Å². The first kappa shape index (κ1) is 14.0. The Kier molecular flexibility index (Phi) is 3.86. The van der Waals surface area contributed by atoms with E-state index in [0.717, 1.165) is 24.0 Å². The van der Waals surface area contributed by atoms with Crippen LogP contribution in [0.15, 0.2) is 40.5 Å². The number of hydrogen-bond acceptors (Lipinski definition) is 4. The molecule has 0 amide bonds. The smallest absolute Gasteiger partial charge is 0.397 e. The number of alkyl halides is 3. The maximum Gasteiger partial charge on any atom is 0.417 e. The lowest BCUT2D eigenvalue weighted by Crippen LogP contribution is -2.05. The van der Waals surface area contributed by atoms with E-state index in [0.29, 0.717) is 15.7 Å². The van der Waals surface area contributed by atoms with Crippen LogP contribution in [0, 0.1) is 0 Å². The molecule has 2 rings (SSSR count). The molecule has 2 aromatic heterocycles. The fraction of sp³-hybridized carbons (Fsp3) is 0.0909. The molecule has 19 heavy (non-hydrogen) atoms. The van der Waals surface area contributed by atoms with Crippen molar-refractivity contribution < 1.29 is 13.2 Å². The van der Waals surface area contributed by atoms with Gasteiger partial charge in [0, 0.05) is 6.20 Å². The molecule has 3 nitrogen and oxygen atoms in total. The first-order chi connectivity index (χ1) is 8.86. The lowest BCUT2D eigenvalue weighted by atomic mass is 10.3. The lowest BCUT2D eigenvalue weighted by molar-refractivity contribution is -0.137. The zero-order valence-corrected chi connectivity index (χ0v) is 10.9. The minimum absolute atomic E-state index is 0.253. The van der Waals surface area contributed by atoms with Crippen LogP contribution in [0.2, 0.25) is 5.15 Å². The Bertz CT molecular complexity index is 587. The fourth-order valence-corrected chi connectivity index (χ4v) is 2.18. The summed E-state index contributed by atoms with van der Waals surface area (Å²) in [5.41, 5.74) is 5.27. The van der Waals surface area contributed by atoms with E-state index in [1.807, 2.05) is 0 Å². The molecule has 0 aliphatic rings. The second-order valence-electron chi connectivity index (χ2n) is 3.51. The average molecular weight is 306 g/mol. The molecule has 0 aliphatic heterocycles. The summed E-state index contributed by atoms with van der Waals surface area (Å²) in [6.45, 7) is 0. The lowest BCUT2D eigenvalue weighted by Gasteiger charge is -2.07. The van der Waals surface area contributed by atoms with Crippen LogP contribution in [-0.4, -0.2) is 9.97 Å². The summed E-state index contributed by atoms with van der Waals surface area (Å²) in [7, 11) is 0. The Hall–Kier alpha value is -1.47. The number of nitrogen functional groups attached to an aromatic ring is 1. The molecule has 0 unspecified atom stereocenters. The second-order valence-corrected chi connectivity index (χ2v) is 4.91. The largest absolute Gasteiger partial charge is 0.417 e. The first-order valence-corrected chi connectivity index (χ1v) is 6.19. The van der Waals surface area contributed by atoms with Gasteiger partial charge >= 0.3 is 6.18 Å². The van der Waals surface area contributed by atoms with Gasteiger partial charge in [-0.15, -0.1) is 0 Å². The highest BCUT2D eigenvalue weighted by Crippen LogP contribution is 2.33. The number of anilines is 1. The van der Waals surface area contributed by atoms with E-state index in [1.54, 1.807) is 6.07 Å². The van der Waals surface area contributed by atoms with Crippen LogP contribution in [-0.2, 0) is 6.18 Å². The third-order valence-electron chi connectivity index (χ3n) is 2.12. The van der Waals surface area contributed by atoms with Gasteiger partial charge in [-0.05, 0) is 36.0 Å². The molecule has 2 aromatic rings.